The Hall–Kier alpha value is -1.92. The lowest BCUT2D eigenvalue weighted by molar-refractivity contribution is -0.131. The second-order valence-electron chi connectivity index (χ2n) is 6.16. The molecule has 0 spiro atoms. The van der Waals surface area contributed by atoms with Crippen LogP contribution in [0.1, 0.15) is 37.6 Å². The van der Waals surface area contributed by atoms with Crippen molar-refractivity contribution in [1.82, 2.24) is 10.6 Å². The second kappa shape index (κ2) is 6.91. The maximum atomic E-state index is 12.7. The monoisotopic (exact) mass is 358 g/mol. The first kappa shape index (κ1) is 18.4. The molecule has 0 radical (unpaired) electrons. The van der Waals surface area contributed by atoms with Crippen molar-refractivity contribution in [1.29, 1.82) is 0 Å². The zero-order valence-corrected chi connectivity index (χ0v) is 14.2. The van der Waals surface area contributed by atoms with Crippen LogP contribution in [0, 0.1) is 17.8 Å². The highest BCUT2D eigenvalue weighted by Crippen LogP contribution is 2.29. The van der Waals surface area contributed by atoms with Gasteiger partial charge >= 0.3 is 0 Å². The predicted molar refractivity (Wildman–Crippen MR) is 82.5 cm³/mol. The van der Waals surface area contributed by atoms with Crippen molar-refractivity contribution >= 4 is 15.7 Å². The molecule has 132 valence electrons. The minimum atomic E-state index is -3.76. The van der Waals surface area contributed by atoms with Crippen molar-refractivity contribution in [3.05, 3.63) is 17.5 Å². The Morgan fingerprint density at radius 3 is 2.79 bits per heavy atom. The highest BCUT2D eigenvalue weighted by atomic mass is 32.2. The lowest BCUT2D eigenvalue weighted by Gasteiger charge is -2.24. The first-order chi connectivity index (χ1) is 11.2. The Morgan fingerprint density at radius 1 is 1.58 bits per heavy atom. The minimum absolute atomic E-state index is 0.0234. The maximum Gasteiger partial charge on any atom is 0.264 e. The highest BCUT2D eigenvalue weighted by molar-refractivity contribution is 7.92. The lowest BCUT2D eigenvalue weighted by Crippen LogP contribution is -2.49. The van der Waals surface area contributed by atoms with Crippen LogP contribution in [0.15, 0.2) is 10.6 Å². The van der Waals surface area contributed by atoms with Crippen LogP contribution < -0.4 is 5.48 Å². The number of sulfone groups is 1. The minimum Gasteiger partial charge on any atom is -0.347 e. The Labute approximate surface area is 139 Å². The van der Waals surface area contributed by atoms with Gasteiger partial charge in [-0.2, -0.15) is 0 Å². The average molecular weight is 358 g/mol. The molecular weight excluding hydrogens is 339 g/mol. The summed E-state index contributed by atoms with van der Waals surface area (Å²) in [5.74, 6) is 4.98. The number of carbonyl (C=O) groups is 1. The van der Waals surface area contributed by atoms with E-state index < -0.39 is 26.7 Å². The number of aryl methyl sites for hydroxylation is 1. The third kappa shape index (κ3) is 3.94. The van der Waals surface area contributed by atoms with Crippen LogP contribution in [0.5, 0.6) is 0 Å². The van der Waals surface area contributed by atoms with Crippen LogP contribution in [-0.4, -0.2) is 41.9 Å². The molecule has 1 aliphatic rings. The molecule has 24 heavy (non-hydrogen) atoms. The Kier molecular flexibility index (Phi) is 5.30. The van der Waals surface area contributed by atoms with Gasteiger partial charge in [-0.25, -0.2) is 18.3 Å². The molecule has 1 aliphatic carbocycles. The van der Waals surface area contributed by atoms with Crippen LogP contribution in [0.3, 0.4) is 0 Å². The molecule has 9 heteroatoms. The summed E-state index contributed by atoms with van der Waals surface area (Å²) >= 11 is 0. The predicted octanol–water partition coefficient (Wildman–Crippen LogP) is 1.02. The van der Waals surface area contributed by atoms with Gasteiger partial charge in [0.2, 0.25) is 5.76 Å². The van der Waals surface area contributed by atoms with Gasteiger partial charge in [-0.05, 0) is 38.5 Å². The smallest absolute Gasteiger partial charge is 0.264 e. The molecule has 0 saturated heterocycles. The zero-order chi connectivity index (χ0) is 18.0. The van der Waals surface area contributed by atoms with E-state index in [1.165, 1.54) is 12.4 Å². The van der Waals surface area contributed by atoms with Crippen molar-refractivity contribution in [2.75, 3.05) is 6.26 Å². The van der Waals surface area contributed by atoms with Crippen LogP contribution in [0.25, 0.3) is 0 Å². The van der Waals surface area contributed by atoms with Crippen molar-refractivity contribution < 1.29 is 27.3 Å². The number of alkyl halides is 1. The van der Waals surface area contributed by atoms with Gasteiger partial charge in [0.05, 0.1) is 5.69 Å². The number of amides is 1. The second-order valence-corrected chi connectivity index (χ2v) is 8.61. The molecule has 1 aromatic rings. The first-order valence-electron chi connectivity index (χ1n) is 7.41. The molecule has 1 aromatic heterocycles. The summed E-state index contributed by atoms with van der Waals surface area (Å²) in [7, 11) is -3.76. The molecule has 2 rings (SSSR count). The van der Waals surface area contributed by atoms with E-state index in [1.54, 1.807) is 6.07 Å². The first-order valence-corrected chi connectivity index (χ1v) is 9.30. The summed E-state index contributed by atoms with van der Waals surface area (Å²) in [6.07, 6.45) is 1.08. The molecule has 1 heterocycles. The molecule has 0 aliphatic heterocycles. The van der Waals surface area contributed by atoms with Gasteiger partial charge in [0.15, 0.2) is 9.84 Å². The van der Waals surface area contributed by atoms with E-state index in [1.807, 2.05) is 0 Å². The van der Waals surface area contributed by atoms with E-state index in [0.29, 0.717) is 24.3 Å². The molecule has 0 unspecified atom stereocenters. The number of halogens is 1. The zero-order valence-electron chi connectivity index (χ0n) is 13.4. The normalized spacial score (nSPS) is 22.7. The van der Waals surface area contributed by atoms with Gasteiger partial charge in [-0.15, -0.1) is 0 Å². The van der Waals surface area contributed by atoms with Gasteiger partial charge in [0.25, 0.3) is 5.91 Å². The van der Waals surface area contributed by atoms with E-state index >= 15 is 0 Å². The number of nitrogens with zero attached hydrogens (tertiary/aromatic N) is 1. The maximum absolute atomic E-state index is 12.7. The van der Waals surface area contributed by atoms with Crippen molar-refractivity contribution in [3.8, 4) is 11.8 Å². The molecule has 1 amide bonds. The van der Waals surface area contributed by atoms with E-state index in [4.69, 9.17) is 9.73 Å². The lowest BCUT2D eigenvalue weighted by atomic mass is 9.84. The summed E-state index contributed by atoms with van der Waals surface area (Å²) in [6, 6.07) is 1.55. The number of hydrogen-bond donors (Lipinski definition) is 2. The van der Waals surface area contributed by atoms with E-state index in [9.17, 15) is 17.6 Å². The van der Waals surface area contributed by atoms with Crippen LogP contribution in [0.2, 0.25) is 0 Å². The number of hydrogen-bond acceptors (Lipinski definition) is 6. The fourth-order valence-corrected chi connectivity index (χ4v) is 3.14. The average Bonchev–Trinajstić information content (AvgIpc) is 2.94. The molecule has 7 nitrogen and oxygen atoms in total. The summed E-state index contributed by atoms with van der Waals surface area (Å²) < 4.78 is 39.7. The van der Waals surface area contributed by atoms with E-state index in [2.05, 4.69) is 17.0 Å². The molecule has 1 saturated carbocycles. The van der Waals surface area contributed by atoms with Gasteiger partial charge in [-0.3, -0.25) is 10.0 Å². The van der Waals surface area contributed by atoms with Crippen LogP contribution >= 0.6 is 0 Å². The quantitative estimate of drug-likeness (QED) is 0.462. The Morgan fingerprint density at radius 2 is 2.25 bits per heavy atom. The Balaban J connectivity index is 2.02. The van der Waals surface area contributed by atoms with Gasteiger partial charge in [0, 0.05) is 18.2 Å². The Bertz CT molecular complexity index is 773. The number of carbonyl (C=O) groups excluding carboxylic acids is 1. The molecule has 1 fully saturated rings. The van der Waals surface area contributed by atoms with Gasteiger partial charge in [0.1, 0.15) is 10.9 Å². The topological polar surface area (TPSA) is 110 Å². The molecule has 0 bridgehead atoms. The number of rotatable bonds is 5. The van der Waals surface area contributed by atoms with Gasteiger partial charge in [-0.1, -0.05) is 11.1 Å². The highest BCUT2D eigenvalue weighted by Gasteiger charge is 2.43. The van der Waals surface area contributed by atoms with Crippen molar-refractivity contribution in [3.63, 3.8) is 0 Å². The van der Waals surface area contributed by atoms with E-state index in [0.717, 1.165) is 6.26 Å². The van der Waals surface area contributed by atoms with Crippen LogP contribution in [0.4, 0.5) is 4.39 Å². The van der Waals surface area contributed by atoms with E-state index in [-0.39, 0.29) is 18.8 Å². The van der Waals surface area contributed by atoms with Gasteiger partial charge < -0.3 is 4.52 Å². The summed E-state index contributed by atoms with van der Waals surface area (Å²) in [4.78, 5) is 11.7. The van der Waals surface area contributed by atoms with Crippen molar-refractivity contribution in [2.24, 2.45) is 5.92 Å². The number of nitrogens with one attached hydrogen (secondary N) is 1. The SMILES string of the molecule is C[C@@](CCc1cc(C#CC2CC(F)C2)on1)(C(=O)NO)S(C)(=O)=O. The number of aromatic nitrogens is 1. The van der Waals surface area contributed by atoms with Crippen LogP contribution in [-0.2, 0) is 21.1 Å². The fraction of sp³-hybridized carbons (Fsp3) is 0.600. The third-order valence-corrected chi connectivity index (χ3v) is 6.32. The summed E-state index contributed by atoms with van der Waals surface area (Å²) in [5.41, 5.74) is 1.83. The largest absolute Gasteiger partial charge is 0.347 e. The van der Waals surface area contributed by atoms with Crippen molar-refractivity contribution in [2.45, 2.75) is 43.5 Å². The summed E-state index contributed by atoms with van der Waals surface area (Å²) in [5, 5.41) is 12.5. The molecule has 1 atom stereocenters. The third-order valence-electron chi connectivity index (χ3n) is 4.30. The molecule has 0 aromatic carbocycles. The molecule has 2 N–H and O–H groups in total. The molecular formula is C15H19FN2O5S. The fourth-order valence-electron chi connectivity index (χ4n) is 2.28. The summed E-state index contributed by atoms with van der Waals surface area (Å²) in [6.45, 7) is 1.23. The standard InChI is InChI=1S/C15H19FN2O5S/c1-15(14(19)17-20,24(2,21)22)6-5-12-9-13(23-18-12)4-3-10-7-11(16)8-10/h9-11,20H,5-8H2,1-2H3,(H,17,19)/t10?,11?,15-/m1/s1. The number of hydroxylamine groups is 1.